The van der Waals surface area contributed by atoms with E-state index in [0.717, 1.165) is 11.1 Å². The summed E-state index contributed by atoms with van der Waals surface area (Å²) in [5, 5.41) is 3.49. The van der Waals surface area contributed by atoms with Gasteiger partial charge >= 0.3 is 12.0 Å². The normalized spacial score (nSPS) is 17.1. The van der Waals surface area contributed by atoms with Crippen molar-refractivity contribution in [3.63, 3.8) is 0 Å². The summed E-state index contributed by atoms with van der Waals surface area (Å²) in [6.07, 6.45) is 0. The molecule has 1 heterocycles. The van der Waals surface area contributed by atoms with Crippen molar-refractivity contribution in [2.45, 2.75) is 19.5 Å². The molecule has 1 atom stereocenters. The van der Waals surface area contributed by atoms with Crippen LogP contribution in [-0.4, -0.2) is 24.0 Å². The first-order valence-corrected chi connectivity index (χ1v) is 8.55. The van der Waals surface area contributed by atoms with Gasteiger partial charge in [-0.05, 0) is 30.2 Å². The Balaban J connectivity index is 2.02. The van der Waals surface area contributed by atoms with Gasteiger partial charge in [0.1, 0.15) is 0 Å². The van der Waals surface area contributed by atoms with Gasteiger partial charge in [-0.2, -0.15) is 0 Å². The van der Waals surface area contributed by atoms with E-state index in [2.05, 4.69) is 5.32 Å². The van der Waals surface area contributed by atoms with E-state index in [9.17, 15) is 9.59 Å². The van der Waals surface area contributed by atoms with E-state index in [1.54, 1.807) is 36.1 Å². The summed E-state index contributed by atoms with van der Waals surface area (Å²) < 4.78 is 4.97. The number of halogens is 1. The Kier molecular flexibility index (Phi) is 5.28. The molecule has 2 aromatic rings. The summed E-state index contributed by atoms with van der Waals surface area (Å²) in [6, 6.07) is 15.8. The van der Waals surface area contributed by atoms with Gasteiger partial charge in [0.25, 0.3) is 0 Å². The second kappa shape index (κ2) is 7.62. The lowest BCUT2D eigenvalue weighted by Gasteiger charge is -2.35. The Bertz CT molecular complexity index is 847. The smallest absolute Gasteiger partial charge is 0.337 e. The van der Waals surface area contributed by atoms with E-state index < -0.39 is 12.0 Å². The molecule has 2 aromatic carbocycles. The Hall–Kier alpha value is -2.79. The lowest BCUT2D eigenvalue weighted by molar-refractivity contribution is -0.136. The number of ether oxygens (including phenoxy) is 1. The van der Waals surface area contributed by atoms with Gasteiger partial charge in [-0.3, -0.25) is 4.90 Å². The number of methoxy groups -OCH3 is 1. The molecule has 1 aliphatic rings. The molecule has 6 heteroatoms. The second-order valence-corrected chi connectivity index (χ2v) is 6.43. The maximum atomic E-state index is 12.7. The van der Waals surface area contributed by atoms with Crippen LogP contribution in [0.3, 0.4) is 0 Å². The molecular weight excluding hydrogens is 352 g/mol. The van der Waals surface area contributed by atoms with Gasteiger partial charge in [-0.15, -0.1) is 0 Å². The van der Waals surface area contributed by atoms with Gasteiger partial charge in [-0.1, -0.05) is 54.1 Å². The number of esters is 1. The molecule has 26 heavy (non-hydrogen) atoms. The highest BCUT2D eigenvalue weighted by Gasteiger charge is 2.36. The van der Waals surface area contributed by atoms with Gasteiger partial charge in [0.2, 0.25) is 0 Å². The van der Waals surface area contributed by atoms with Crippen LogP contribution in [0.1, 0.15) is 24.1 Å². The predicted octanol–water partition coefficient (Wildman–Crippen LogP) is 4.05. The van der Waals surface area contributed by atoms with Crippen molar-refractivity contribution < 1.29 is 14.3 Å². The minimum atomic E-state index is -0.584. The first kappa shape index (κ1) is 18.0. The van der Waals surface area contributed by atoms with E-state index in [1.165, 1.54) is 7.11 Å². The molecule has 0 unspecified atom stereocenters. The standard InChI is InChI=1S/C20H19ClN2O3/c1-13-17(19(24)26-2)18(15-8-10-16(21)11-9-15)22-20(25)23(13)12-14-6-4-3-5-7-14/h3-11,18H,12H2,1-2H3,(H,22,25)/t18-/m1/s1. The number of carbonyl (C=O) groups is 2. The fraction of sp³-hybridized carbons (Fsp3) is 0.200. The van der Waals surface area contributed by atoms with Crippen molar-refractivity contribution in [1.82, 2.24) is 10.2 Å². The van der Waals surface area contributed by atoms with Gasteiger partial charge in [-0.25, -0.2) is 9.59 Å². The number of hydrogen-bond acceptors (Lipinski definition) is 3. The van der Waals surface area contributed by atoms with E-state index in [0.29, 0.717) is 22.8 Å². The van der Waals surface area contributed by atoms with E-state index >= 15 is 0 Å². The number of carbonyl (C=O) groups excluding carboxylic acids is 2. The molecule has 0 fully saturated rings. The highest BCUT2D eigenvalue weighted by molar-refractivity contribution is 6.30. The molecule has 134 valence electrons. The summed E-state index contributed by atoms with van der Waals surface area (Å²) >= 11 is 5.95. The largest absolute Gasteiger partial charge is 0.466 e. The van der Waals surface area contributed by atoms with Crippen molar-refractivity contribution in [3.05, 3.63) is 82.0 Å². The zero-order valence-electron chi connectivity index (χ0n) is 14.5. The molecule has 0 bridgehead atoms. The third-order valence-corrected chi connectivity index (χ3v) is 4.64. The first-order chi connectivity index (χ1) is 12.5. The highest BCUT2D eigenvalue weighted by Crippen LogP contribution is 2.32. The number of rotatable bonds is 4. The molecule has 0 radical (unpaired) electrons. The summed E-state index contributed by atoms with van der Waals surface area (Å²) in [7, 11) is 1.33. The molecule has 5 nitrogen and oxygen atoms in total. The summed E-state index contributed by atoms with van der Waals surface area (Å²) in [5.74, 6) is -0.472. The van der Waals surface area contributed by atoms with Crippen LogP contribution in [-0.2, 0) is 16.1 Å². The fourth-order valence-electron chi connectivity index (χ4n) is 3.02. The number of amides is 2. The molecule has 0 aromatic heterocycles. The van der Waals surface area contributed by atoms with Crippen LogP contribution in [0.4, 0.5) is 4.79 Å². The second-order valence-electron chi connectivity index (χ2n) is 6.00. The number of nitrogens with zero attached hydrogens (tertiary/aromatic N) is 1. The van der Waals surface area contributed by atoms with E-state index in [-0.39, 0.29) is 6.03 Å². The van der Waals surface area contributed by atoms with Crippen LogP contribution >= 0.6 is 11.6 Å². The number of hydrogen-bond donors (Lipinski definition) is 1. The SMILES string of the molecule is COC(=O)C1=C(C)N(Cc2ccccc2)C(=O)N[C@@H]1c1ccc(Cl)cc1. The molecule has 1 N–H and O–H groups in total. The Morgan fingerprint density at radius 3 is 2.42 bits per heavy atom. The maximum Gasteiger partial charge on any atom is 0.337 e. The molecule has 0 saturated carbocycles. The van der Waals surface area contributed by atoms with Crippen LogP contribution in [0, 0.1) is 0 Å². The lowest BCUT2D eigenvalue weighted by atomic mass is 9.94. The van der Waals surface area contributed by atoms with Crippen molar-refractivity contribution in [2.75, 3.05) is 7.11 Å². The molecule has 1 aliphatic heterocycles. The topological polar surface area (TPSA) is 58.6 Å². The van der Waals surface area contributed by atoms with E-state index in [1.807, 2.05) is 30.3 Å². The summed E-state index contributed by atoms with van der Waals surface area (Å²) in [6.45, 7) is 2.13. The molecule has 2 amide bonds. The van der Waals surface area contributed by atoms with Crippen LogP contribution in [0.5, 0.6) is 0 Å². The average Bonchev–Trinajstić information content (AvgIpc) is 2.65. The van der Waals surface area contributed by atoms with Crippen LogP contribution in [0.15, 0.2) is 65.9 Å². The van der Waals surface area contributed by atoms with Gasteiger partial charge in [0, 0.05) is 10.7 Å². The maximum absolute atomic E-state index is 12.7. The van der Waals surface area contributed by atoms with E-state index in [4.69, 9.17) is 16.3 Å². The zero-order valence-corrected chi connectivity index (χ0v) is 15.3. The number of urea groups is 1. The third kappa shape index (κ3) is 3.58. The molecule has 0 saturated heterocycles. The quantitative estimate of drug-likeness (QED) is 0.826. The lowest BCUT2D eigenvalue weighted by Crippen LogP contribution is -2.47. The zero-order chi connectivity index (χ0) is 18.7. The van der Waals surface area contributed by atoms with Crippen LogP contribution in [0.25, 0.3) is 0 Å². The minimum absolute atomic E-state index is 0.265. The Morgan fingerprint density at radius 2 is 1.81 bits per heavy atom. The van der Waals surface area contributed by atoms with Crippen LogP contribution in [0.2, 0.25) is 5.02 Å². The third-order valence-electron chi connectivity index (χ3n) is 4.39. The molecular formula is C20H19ClN2O3. The molecule has 0 spiro atoms. The van der Waals surface area contributed by atoms with Crippen molar-refractivity contribution in [1.29, 1.82) is 0 Å². The number of allylic oxidation sites excluding steroid dienone is 1. The Labute approximate surface area is 157 Å². The number of benzene rings is 2. The summed E-state index contributed by atoms with van der Waals surface area (Å²) in [4.78, 5) is 26.7. The minimum Gasteiger partial charge on any atom is -0.466 e. The predicted molar refractivity (Wildman–Crippen MR) is 99.4 cm³/mol. The monoisotopic (exact) mass is 370 g/mol. The van der Waals surface area contributed by atoms with Gasteiger partial charge in [0.05, 0.1) is 25.3 Å². The molecule has 3 rings (SSSR count). The van der Waals surface area contributed by atoms with Crippen molar-refractivity contribution in [2.24, 2.45) is 0 Å². The summed E-state index contributed by atoms with van der Waals surface area (Å²) in [5.41, 5.74) is 2.72. The van der Waals surface area contributed by atoms with Crippen LogP contribution < -0.4 is 5.32 Å². The van der Waals surface area contributed by atoms with Crippen molar-refractivity contribution in [3.8, 4) is 0 Å². The van der Waals surface area contributed by atoms with Crippen molar-refractivity contribution >= 4 is 23.6 Å². The number of nitrogens with one attached hydrogen (secondary N) is 1. The van der Waals surface area contributed by atoms with Gasteiger partial charge in [0.15, 0.2) is 0 Å². The Morgan fingerprint density at radius 1 is 1.15 bits per heavy atom. The first-order valence-electron chi connectivity index (χ1n) is 8.17. The van der Waals surface area contributed by atoms with Gasteiger partial charge < -0.3 is 10.1 Å². The average molecular weight is 371 g/mol. The fourth-order valence-corrected chi connectivity index (χ4v) is 3.14. The molecule has 0 aliphatic carbocycles. The highest BCUT2D eigenvalue weighted by atomic mass is 35.5.